The van der Waals surface area contributed by atoms with Crippen LogP contribution in [-0.2, 0) is 9.59 Å². The fourth-order valence-corrected chi connectivity index (χ4v) is 2.16. The summed E-state index contributed by atoms with van der Waals surface area (Å²) in [5, 5.41) is 2.78. The van der Waals surface area contributed by atoms with Gasteiger partial charge in [-0.25, -0.2) is 0 Å². The number of hydrogen-bond acceptors (Lipinski definition) is 4. The molecule has 0 saturated carbocycles. The molecule has 0 bridgehead atoms. The molecule has 1 aliphatic rings. The molecule has 108 valence electrons. The molecule has 20 heavy (non-hydrogen) atoms. The van der Waals surface area contributed by atoms with Crippen LogP contribution in [0.25, 0.3) is 0 Å². The second kappa shape index (κ2) is 5.92. The summed E-state index contributed by atoms with van der Waals surface area (Å²) in [6.07, 6.45) is 0.287. The summed E-state index contributed by atoms with van der Waals surface area (Å²) in [5.41, 5.74) is 6.28. The Labute approximate surface area is 117 Å². The molecule has 3 N–H and O–H groups in total. The molecule has 0 aliphatic carbocycles. The van der Waals surface area contributed by atoms with Crippen molar-refractivity contribution in [1.82, 2.24) is 5.32 Å². The molecule has 1 aliphatic heterocycles. The van der Waals surface area contributed by atoms with Crippen molar-refractivity contribution < 1.29 is 14.3 Å². The monoisotopic (exact) mass is 277 g/mol. The summed E-state index contributed by atoms with van der Waals surface area (Å²) < 4.78 is 5.15. The third-order valence-corrected chi connectivity index (χ3v) is 3.25. The highest BCUT2D eigenvalue weighted by molar-refractivity contribution is 5.97. The number of methoxy groups -OCH3 is 1. The van der Waals surface area contributed by atoms with Crippen LogP contribution in [0.3, 0.4) is 0 Å². The van der Waals surface area contributed by atoms with Crippen LogP contribution in [0.5, 0.6) is 5.75 Å². The van der Waals surface area contributed by atoms with Gasteiger partial charge < -0.3 is 20.7 Å². The average Bonchev–Trinajstić information content (AvgIpc) is 2.79. The number of anilines is 1. The van der Waals surface area contributed by atoms with Gasteiger partial charge in [-0.3, -0.25) is 9.59 Å². The number of benzene rings is 1. The van der Waals surface area contributed by atoms with Crippen molar-refractivity contribution in [2.75, 3.05) is 18.6 Å². The first kappa shape index (κ1) is 14.3. The average molecular weight is 277 g/mol. The minimum atomic E-state index is -0.573. The fraction of sp³-hybridized carbons (Fsp3) is 0.429. The second-order valence-corrected chi connectivity index (χ2v) is 4.90. The Hall–Kier alpha value is -2.08. The summed E-state index contributed by atoms with van der Waals surface area (Å²) in [6.45, 7) is 2.07. The lowest BCUT2D eigenvalue weighted by molar-refractivity contribution is -0.122. The summed E-state index contributed by atoms with van der Waals surface area (Å²) in [5.74, 6) is 0.432. The van der Waals surface area contributed by atoms with Crippen molar-refractivity contribution in [1.29, 1.82) is 0 Å². The smallest absolute Gasteiger partial charge is 0.236 e. The Bertz CT molecular complexity index is 516. The Morgan fingerprint density at radius 1 is 1.55 bits per heavy atom. The fourth-order valence-electron chi connectivity index (χ4n) is 2.16. The number of carbonyl (C=O) groups is 2. The van der Waals surface area contributed by atoms with Crippen LogP contribution in [0.15, 0.2) is 24.3 Å². The van der Waals surface area contributed by atoms with E-state index in [4.69, 9.17) is 10.5 Å². The highest BCUT2D eigenvalue weighted by Crippen LogP contribution is 2.25. The van der Waals surface area contributed by atoms with E-state index in [2.05, 4.69) is 5.32 Å². The van der Waals surface area contributed by atoms with Crippen LogP contribution in [0.1, 0.15) is 13.3 Å². The van der Waals surface area contributed by atoms with E-state index < -0.39 is 6.04 Å². The molecular weight excluding hydrogens is 258 g/mol. The zero-order valence-electron chi connectivity index (χ0n) is 11.6. The van der Waals surface area contributed by atoms with Gasteiger partial charge in [-0.05, 0) is 19.1 Å². The van der Waals surface area contributed by atoms with E-state index in [0.29, 0.717) is 12.3 Å². The number of ether oxygens (including phenoxy) is 1. The number of amides is 2. The van der Waals surface area contributed by atoms with Crippen molar-refractivity contribution in [3.63, 3.8) is 0 Å². The first-order valence-electron chi connectivity index (χ1n) is 6.51. The van der Waals surface area contributed by atoms with Gasteiger partial charge in [-0.1, -0.05) is 6.07 Å². The molecule has 1 unspecified atom stereocenters. The van der Waals surface area contributed by atoms with Gasteiger partial charge in [0.05, 0.1) is 19.2 Å². The summed E-state index contributed by atoms with van der Waals surface area (Å²) in [4.78, 5) is 25.2. The lowest BCUT2D eigenvalue weighted by Crippen LogP contribution is -2.44. The molecule has 1 saturated heterocycles. The summed E-state index contributed by atoms with van der Waals surface area (Å²) in [7, 11) is 1.58. The number of nitrogens with zero attached hydrogens (tertiary/aromatic N) is 1. The molecule has 0 aromatic heterocycles. The Kier molecular flexibility index (Phi) is 4.24. The maximum absolute atomic E-state index is 12.0. The molecular formula is C14H19N3O3. The lowest BCUT2D eigenvalue weighted by atomic mass is 10.2. The van der Waals surface area contributed by atoms with Gasteiger partial charge in [-0.2, -0.15) is 0 Å². The number of nitrogens with two attached hydrogens (primary N) is 1. The lowest BCUT2D eigenvalue weighted by Gasteiger charge is -2.18. The van der Waals surface area contributed by atoms with Gasteiger partial charge in [0, 0.05) is 24.7 Å². The molecule has 1 aromatic carbocycles. The van der Waals surface area contributed by atoms with Crippen molar-refractivity contribution in [2.45, 2.75) is 25.4 Å². The quantitative estimate of drug-likeness (QED) is 0.827. The first-order valence-corrected chi connectivity index (χ1v) is 6.51. The van der Waals surface area contributed by atoms with Crippen molar-refractivity contribution >= 4 is 17.5 Å². The van der Waals surface area contributed by atoms with E-state index >= 15 is 0 Å². The standard InChI is InChI=1S/C14H19N3O3/c1-9(15)14(19)16-10-6-13(18)17(8-10)11-4-3-5-12(7-11)20-2/h3-5,7,9-10H,6,8,15H2,1-2H3,(H,16,19)/t9-,10?/m1/s1. The molecule has 0 radical (unpaired) electrons. The first-order chi connectivity index (χ1) is 9.51. The van der Waals surface area contributed by atoms with Crippen LogP contribution < -0.4 is 20.7 Å². The highest BCUT2D eigenvalue weighted by Gasteiger charge is 2.32. The largest absolute Gasteiger partial charge is 0.497 e. The van der Waals surface area contributed by atoms with Crippen LogP contribution in [-0.4, -0.2) is 37.6 Å². The molecule has 2 rings (SSSR count). The van der Waals surface area contributed by atoms with Gasteiger partial charge in [-0.15, -0.1) is 0 Å². The van der Waals surface area contributed by atoms with Crippen LogP contribution in [0.2, 0.25) is 0 Å². The van der Waals surface area contributed by atoms with Crippen LogP contribution in [0.4, 0.5) is 5.69 Å². The Balaban J connectivity index is 2.07. The van der Waals surface area contributed by atoms with Crippen LogP contribution in [0, 0.1) is 0 Å². The van der Waals surface area contributed by atoms with Crippen LogP contribution >= 0.6 is 0 Å². The molecule has 1 aromatic rings. The van der Waals surface area contributed by atoms with E-state index in [0.717, 1.165) is 5.69 Å². The van der Waals surface area contributed by atoms with Gasteiger partial charge >= 0.3 is 0 Å². The highest BCUT2D eigenvalue weighted by atomic mass is 16.5. The topological polar surface area (TPSA) is 84.7 Å². The number of carbonyl (C=O) groups excluding carboxylic acids is 2. The third kappa shape index (κ3) is 3.08. The van der Waals surface area contributed by atoms with E-state index in [-0.39, 0.29) is 24.3 Å². The minimum absolute atomic E-state index is 0.0202. The minimum Gasteiger partial charge on any atom is -0.497 e. The number of hydrogen-bond donors (Lipinski definition) is 2. The predicted molar refractivity (Wildman–Crippen MR) is 75.5 cm³/mol. The Morgan fingerprint density at radius 3 is 2.95 bits per heavy atom. The third-order valence-electron chi connectivity index (χ3n) is 3.25. The SMILES string of the molecule is COc1cccc(N2CC(NC(=O)[C@@H](C)N)CC2=O)c1. The zero-order valence-corrected chi connectivity index (χ0v) is 11.6. The van der Waals surface area contributed by atoms with E-state index in [9.17, 15) is 9.59 Å². The number of nitrogens with one attached hydrogen (secondary N) is 1. The Morgan fingerprint density at radius 2 is 2.30 bits per heavy atom. The maximum atomic E-state index is 12.0. The van der Waals surface area contributed by atoms with E-state index in [1.54, 1.807) is 25.0 Å². The van der Waals surface area contributed by atoms with Crippen molar-refractivity contribution in [2.24, 2.45) is 5.73 Å². The van der Waals surface area contributed by atoms with Gasteiger partial charge in [0.1, 0.15) is 5.75 Å². The summed E-state index contributed by atoms with van der Waals surface area (Å²) >= 11 is 0. The van der Waals surface area contributed by atoms with Gasteiger partial charge in [0.2, 0.25) is 11.8 Å². The molecule has 2 atom stereocenters. The maximum Gasteiger partial charge on any atom is 0.236 e. The van der Waals surface area contributed by atoms with E-state index in [1.807, 2.05) is 18.2 Å². The van der Waals surface area contributed by atoms with E-state index in [1.165, 1.54) is 0 Å². The van der Waals surface area contributed by atoms with Crippen molar-refractivity contribution in [3.8, 4) is 5.75 Å². The molecule has 1 fully saturated rings. The summed E-state index contributed by atoms with van der Waals surface area (Å²) in [6, 6.07) is 6.52. The van der Waals surface area contributed by atoms with Crippen molar-refractivity contribution in [3.05, 3.63) is 24.3 Å². The van der Waals surface area contributed by atoms with Gasteiger partial charge in [0.15, 0.2) is 0 Å². The molecule has 6 nitrogen and oxygen atoms in total. The molecule has 0 spiro atoms. The number of rotatable bonds is 4. The zero-order chi connectivity index (χ0) is 14.7. The molecule has 1 heterocycles. The second-order valence-electron chi connectivity index (χ2n) is 4.90. The predicted octanol–water partition coefficient (Wildman–Crippen LogP) is 0.264. The molecule has 2 amide bonds. The molecule has 6 heteroatoms. The van der Waals surface area contributed by atoms with Gasteiger partial charge in [0.25, 0.3) is 0 Å². The normalized spacial score (nSPS) is 19.9.